The zero-order chi connectivity index (χ0) is 28.3. The van der Waals surface area contributed by atoms with Gasteiger partial charge in [-0.1, -0.05) is 35.0 Å². The maximum atomic E-state index is 13.9. The number of aromatic nitrogens is 1. The van der Waals surface area contributed by atoms with Crippen LogP contribution in [-0.4, -0.2) is 63.0 Å². The summed E-state index contributed by atoms with van der Waals surface area (Å²) in [5.41, 5.74) is 2.10. The van der Waals surface area contributed by atoms with Crippen LogP contribution in [0.5, 0.6) is 0 Å². The molecule has 1 aliphatic rings. The van der Waals surface area contributed by atoms with E-state index in [0.717, 1.165) is 17.7 Å². The molecule has 3 amide bonds. The first kappa shape index (κ1) is 27.5. The Labute approximate surface area is 224 Å². The van der Waals surface area contributed by atoms with Crippen LogP contribution in [-0.2, 0) is 9.59 Å². The summed E-state index contributed by atoms with van der Waals surface area (Å²) in [7, 11) is 0. The van der Waals surface area contributed by atoms with Gasteiger partial charge < -0.3 is 24.7 Å². The Morgan fingerprint density at radius 3 is 2.31 bits per heavy atom. The average molecular weight is 537 g/mol. The fraction of sp³-hybridized carbons (Fsp3) is 0.321. The highest BCUT2D eigenvalue weighted by Gasteiger charge is 2.42. The van der Waals surface area contributed by atoms with Crippen molar-refractivity contribution in [2.75, 3.05) is 13.1 Å². The minimum absolute atomic E-state index is 0.140. The Bertz CT molecular complexity index is 1380. The smallest absolute Gasteiger partial charge is 0.305 e. The number of aliphatic carboxylic acids is 1. The van der Waals surface area contributed by atoms with Gasteiger partial charge in [-0.25, -0.2) is 4.39 Å². The van der Waals surface area contributed by atoms with Crippen molar-refractivity contribution in [1.82, 2.24) is 20.3 Å². The summed E-state index contributed by atoms with van der Waals surface area (Å²) in [6.45, 7) is 5.33. The zero-order valence-corrected chi connectivity index (χ0v) is 21.8. The van der Waals surface area contributed by atoms with Crippen molar-refractivity contribution in [1.29, 1.82) is 0 Å². The molecule has 2 unspecified atom stereocenters. The van der Waals surface area contributed by atoms with Gasteiger partial charge in [0.15, 0.2) is 6.17 Å². The minimum atomic E-state index is -1.40. The maximum Gasteiger partial charge on any atom is 0.305 e. The van der Waals surface area contributed by atoms with Crippen molar-refractivity contribution in [2.45, 2.75) is 45.8 Å². The van der Waals surface area contributed by atoms with Gasteiger partial charge in [0.25, 0.3) is 17.7 Å². The number of carbonyl (C=O) groups excluding carboxylic acids is 3. The quantitative estimate of drug-likeness (QED) is 0.473. The largest absolute Gasteiger partial charge is 0.481 e. The van der Waals surface area contributed by atoms with E-state index < -0.39 is 48.1 Å². The fourth-order valence-corrected chi connectivity index (χ4v) is 4.78. The number of halogens is 1. The SMILES string of the molecule is Cc1cccc(C(CC(=O)O)NC(=O)C2N(C(=O)c3ccc(F)cc3)CCCN2C(=O)c2c(C)noc2C)c1. The molecule has 3 aromatic rings. The van der Waals surface area contributed by atoms with Gasteiger partial charge in [0, 0.05) is 18.7 Å². The standard InChI is InChI=1S/C28H29FN4O6/c1-16-6-4-7-20(14-16)22(15-23(34)35)30-25(36)26-32(27(37)19-8-10-21(29)11-9-19)12-5-13-33(26)28(38)24-17(2)31-39-18(24)3/h4,6-11,14,22,26H,5,12-13,15H2,1-3H3,(H,30,36)(H,34,35). The fourth-order valence-electron chi connectivity index (χ4n) is 4.78. The van der Waals surface area contributed by atoms with E-state index in [2.05, 4.69) is 10.5 Å². The predicted octanol–water partition coefficient (Wildman–Crippen LogP) is 3.39. The predicted molar refractivity (Wildman–Crippen MR) is 137 cm³/mol. The third-order valence-corrected chi connectivity index (χ3v) is 6.62. The molecule has 1 saturated heterocycles. The van der Waals surface area contributed by atoms with Crippen LogP contribution in [0.25, 0.3) is 0 Å². The first-order valence-electron chi connectivity index (χ1n) is 12.5. The second-order valence-corrected chi connectivity index (χ2v) is 9.50. The Balaban J connectivity index is 1.73. The number of rotatable bonds is 7. The van der Waals surface area contributed by atoms with Gasteiger partial charge in [-0.2, -0.15) is 0 Å². The molecule has 0 saturated carbocycles. The third-order valence-electron chi connectivity index (χ3n) is 6.62. The number of carboxylic acid groups (broad SMARTS) is 1. The molecule has 0 radical (unpaired) electrons. The van der Waals surface area contributed by atoms with Gasteiger partial charge in [-0.15, -0.1) is 0 Å². The highest BCUT2D eigenvalue weighted by molar-refractivity contribution is 6.02. The summed E-state index contributed by atoms with van der Waals surface area (Å²) in [5.74, 6) is -3.23. The number of carboxylic acids is 1. The topological polar surface area (TPSA) is 133 Å². The lowest BCUT2D eigenvalue weighted by atomic mass is 10.0. The van der Waals surface area contributed by atoms with Gasteiger partial charge >= 0.3 is 5.97 Å². The van der Waals surface area contributed by atoms with Crippen molar-refractivity contribution in [3.05, 3.63) is 88.1 Å². The molecule has 1 aromatic heterocycles. The molecule has 204 valence electrons. The van der Waals surface area contributed by atoms with E-state index in [1.165, 1.54) is 21.9 Å². The molecular weight excluding hydrogens is 507 g/mol. The van der Waals surface area contributed by atoms with Crippen LogP contribution in [0.3, 0.4) is 0 Å². The summed E-state index contributed by atoms with van der Waals surface area (Å²) >= 11 is 0. The van der Waals surface area contributed by atoms with Crippen LogP contribution in [0.4, 0.5) is 4.39 Å². The molecule has 4 rings (SSSR count). The van der Waals surface area contributed by atoms with Gasteiger partial charge in [-0.3, -0.25) is 19.2 Å². The summed E-state index contributed by atoms with van der Waals surface area (Å²) in [6, 6.07) is 11.0. The molecule has 0 bridgehead atoms. The van der Waals surface area contributed by atoms with Crippen molar-refractivity contribution in [3.8, 4) is 0 Å². The van der Waals surface area contributed by atoms with Crippen LogP contribution in [0, 0.1) is 26.6 Å². The molecular formula is C28H29FN4O6. The van der Waals surface area contributed by atoms with E-state index in [1.54, 1.807) is 32.0 Å². The lowest BCUT2D eigenvalue weighted by molar-refractivity contribution is -0.138. The molecule has 2 N–H and O–H groups in total. The Morgan fingerprint density at radius 2 is 1.72 bits per heavy atom. The van der Waals surface area contributed by atoms with Crippen LogP contribution in [0.1, 0.15) is 62.2 Å². The molecule has 2 heterocycles. The Morgan fingerprint density at radius 1 is 1.05 bits per heavy atom. The van der Waals surface area contributed by atoms with Gasteiger partial charge in [0.1, 0.15) is 17.1 Å². The van der Waals surface area contributed by atoms with E-state index in [9.17, 15) is 28.7 Å². The number of amides is 3. The number of nitrogens with zero attached hydrogens (tertiary/aromatic N) is 3. The number of hydrogen-bond acceptors (Lipinski definition) is 6. The molecule has 10 nitrogen and oxygen atoms in total. The van der Waals surface area contributed by atoms with Gasteiger partial charge in [-0.05, 0) is 57.0 Å². The third kappa shape index (κ3) is 5.97. The maximum absolute atomic E-state index is 13.9. The van der Waals surface area contributed by atoms with E-state index in [1.807, 2.05) is 13.0 Å². The highest BCUT2D eigenvalue weighted by atomic mass is 19.1. The lowest BCUT2D eigenvalue weighted by Crippen LogP contribution is -2.63. The lowest BCUT2D eigenvalue weighted by Gasteiger charge is -2.43. The van der Waals surface area contributed by atoms with E-state index >= 15 is 0 Å². The Kier molecular flexibility index (Phi) is 8.08. The molecule has 0 spiro atoms. The molecule has 2 aromatic carbocycles. The molecule has 1 fully saturated rings. The molecule has 1 aliphatic heterocycles. The van der Waals surface area contributed by atoms with Gasteiger partial charge in [0.2, 0.25) is 0 Å². The number of benzene rings is 2. The summed E-state index contributed by atoms with van der Waals surface area (Å²) in [6.07, 6.45) is -1.44. The number of aryl methyl sites for hydroxylation is 3. The minimum Gasteiger partial charge on any atom is -0.481 e. The number of hydrogen-bond donors (Lipinski definition) is 2. The molecule has 2 atom stereocenters. The normalized spacial score (nSPS) is 16.1. The monoisotopic (exact) mass is 536 g/mol. The van der Waals surface area contributed by atoms with Crippen LogP contribution >= 0.6 is 0 Å². The van der Waals surface area contributed by atoms with Crippen molar-refractivity contribution in [3.63, 3.8) is 0 Å². The van der Waals surface area contributed by atoms with Gasteiger partial charge in [0.05, 0.1) is 18.2 Å². The second-order valence-electron chi connectivity index (χ2n) is 9.50. The molecule has 11 heteroatoms. The van der Waals surface area contributed by atoms with Crippen LogP contribution in [0.2, 0.25) is 0 Å². The van der Waals surface area contributed by atoms with E-state index in [0.29, 0.717) is 17.7 Å². The van der Waals surface area contributed by atoms with Crippen molar-refractivity contribution in [2.24, 2.45) is 0 Å². The number of nitrogens with one attached hydrogen (secondary N) is 1. The van der Waals surface area contributed by atoms with Crippen LogP contribution < -0.4 is 5.32 Å². The number of carbonyl (C=O) groups is 4. The van der Waals surface area contributed by atoms with Crippen molar-refractivity contribution < 1.29 is 33.2 Å². The summed E-state index contributed by atoms with van der Waals surface area (Å²) in [5, 5.41) is 16.1. The zero-order valence-electron chi connectivity index (χ0n) is 21.8. The average Bonchev–Trinajstić information content (AvgIpc) is 3.24. The summed E-state index contributed by atoms with van der Waals surface area (Å²) < 4.78 is 18.7. The highest BCUT2D eigenvalue weighted by Crippen LogP contribution is 2.25. The Hall–Kier alpha value is -4.54. The van der Waals surface area contributed by atoms with Crippen LogP contribution in [0.15, 0.2) is 53.1 Å². The van der Waals surface area contributed by atoms with E-state index in [-0.39, 0.29) is 30.0 Å². The second kappa shape index (κ2) is 11.5. The first-order chi connectivity index (χ1) is 18.6. The van der Waals surface area contributed by atoms with E-state index in [4.69, 9.17) is 4.52 Å². The molecule has 0 aliphatic carbocycles. The summed E-state index contributed by atoms with van der Waals surface area (Å²) in [4.78, 5) is 55.4. The molecule has 39 heavy (non-hydrogen) atoms. The first-order valence-corrected chi connectivity index (χ1v) is 12.5. The van der Waals surface area contributed by atoms with Crippen molar-refractivity contribution >= 4 is 23.7 Å².